The average Bonchev–Trinajstić information content (AvgIpc) is 2.83. The van der Waals surface area contributed by atoms with Crippen LogP contribution in [0.3, 0.4) is 0 Å². The van der Waals surface area contributed by atoms with Gasteiger partial charge in [0.2, 0.25) is 0 Å². The highest BCUT2D eigenvalue weighted by molar-refractivity contribution is 9.10. The van der Waals surface area contributed by atoms with Gasteiger partial charge in [0.1, 0.15) is 17.7 Å². The van der Waals surface area contributed by atoms with Gasteiger partial charge < -0.3 is 4.57 Å². The zero-order valence-corrected chi connectivity index (χ0v) is 12.2. The van der Waals surface area contributed by atoms with Crippen LogP contribution in [0.25, 0.3) is 0 Å². The average molecular weight is 327 g/mol. The van der Waals surface area contributed by atoms with E-state index in [1.165, 1.54) is 6.07 Å². The minimum absolute atomic E-state index is 0.265. The summed E-state index contributed by atoms with van der Waals surface area (Å²) in [6, 6.07) is 4.57. The lowest BCUT2D eigenvalue weighted by Crippen LogP contribution is -2.31. The Balaban J connectivity index is 2.38. The summed E-state index contributed by atoms with van der Waals surface area (Å²) in [6.07, 6.45) is 4.67. The van der Waals surface area contributed by atoms with Crippen LogP contribution in [0.5, 0.6) is 0 Å². The van der Waals surface area contributed by atoms with Gasteiger partial charge in [-0.05, 0) is 40.0 Å². The van der Waals surface area contributed by atoms with Crippen LogP contribution in [0.2, 0.25) is 0 Å². The Morgan fingerprint density at radius 3 is 2.95 bits per heavy atom. The minimum Gasteiger partial charge on any atom is -0.333 e. The van der Waals surface area contributed by atoms with Crippen molar-refractivity contribution in [3.8, 4) is 0 Å². The molecule has 6 heteroatoms. The number of hydrogen-bond donors (Lipinski definition) is 2. The van der Waals surface area contributed by atoms with E-state index >= 15 is 0 Å². The van der Waals surface area contributed by atoms with Crippen LogP contribution in [0.4, 0.5) is 4.39 Å². The molecule has 0 saturated heterocycles. The number of hydrogen-bond acceptors (Lipinski definition) is 3. The normalized spacial score (nSPS) is 12.6. The van der Waals surface area contributed by atoms with Gasteiger partial charge in [-0.15, -0.1) is 0 Å². The molecule has 0 aliphatic rings. The Morgan fingerprint density at radius 2 is 2.32 bits per heavy atom. The Labute approximate surface area is 119 Å². The lowest BCUT2D eigenvalue weighted by atomic mass is 10.1. The zero-order chi connectivity index (χ0) is 13.8. The molecule has 0 fully saturated rings. The van der Waals surface area contributed by atoms with Crippen molar-refractivity contribution in [2.75, 3.05) is 0 Å². The number of imidazole rings is 1. The molecule has 1 heterocycles. The number of aryl methyl sites for hydroxylation is 1. The van der Waals surface area contributed by atoms with Gasteiger partial charge in [0.25, 0.3) is 0 Å². The quantitative estimate of drug-likeness (QED) is 0.656. The molecule has 0 radical (unpaired) electrons. The first kappa shape index (κ1) is 14.2. The van der Waals surface area contributed by atoms with Crippen molar-refractivity contribution in [1.29, 1.82) is 0 Å². The molecule has 3 N–H and O–H groups in total. The van der Waals surface area contributed by atoms with Gasteiger partial charge in [0.05, 0.1) is 4.47 Å². The SMILES string of the molecule is CCCn1ccnc1C(NN)c1ccc(F)c(Br)c1. The fourth-order valence-electron chi connectivity index (χ4n) is 2.02. The molecule has 0 bridgehead atoms. The maximum Gasteiger partial charge on any atom is 0.137 e. The summed E-state index contributed by atoms with van der Waals surface area (Å²) < 4.78 is 15.7. The van der Waals surface area contributed by atoms with Crippen molar-refractivity contribution in [3.63, 3.8) is 0 Å². The van der Waals surface area contributed by atoms with E-state index in [1.807, 2.05) is 10.8 Å². The largest absolute Gasteiger partial charge is 0.333 e. The highest BCUT2D eigenvalue weighted by atomic mass is 79.9. The predicted octanol–water partition coefficient (Wildman–Crippen LogP) is 2.75. The summed E-state index contributed by atoms with van der Waals surface area (Å²) in [6.45, 7) is 2.97. The molecule has 0 amide bonds. The molecule has 2 aromatic rings. The van der Waals surface area contributed by atoms with Crippen molar-refractivity contribution < 1.29 is 4.39 Å². The first-order valence-electron chi connectivity index (χ1n) is 6.09. The van der Waals surface area contributed by atoms with Crippen LogP contribution in [0.15, 0.2) is 35.1 Å². The van der Waals surface area contributed by atoms with Crippen molar-refractivity contribution in [1.82, 2.24) is 15.0 Å². The number of nitrogens with one attached hydrogen (secondary N) is 1. The second-order valence-electron chi connectivity index (χ2n) is 4.25. The summed E-state index contributed by atoms with van der Waals surface area (Å²) in [5.41, 5.74) is 3.60. The van der Waals surface area contributed by atoms with Gasteiger partial charge in [-0.3, -0.25) is 5.84 Å². The number of nitrogens with zero attached hydrogens (tertiary/aromatic N) is 2. The van der Waals surface area contributed by atoms with E-state index in [4.69, 9.17) is 5.84 Å². The van der Waals surface area contributed by atoms with Gasteiger partial charge in [0, 0.05) is 18.9 Å². The third-order valence-electron chi connectivity index (χ3n) is 2.91. The Morgan fingerprint density at radius 1 is 1.53 bits per heavy atom. The molecular weight excluding hydrogens is 311 g/mol. The van der Waals surface area contributed by atoms with E-state index in [-0.39, 0.29) is 11.9 Å². The number of rotatable bonds is 5. The fourth-order valence-corrected chi connectivity index (χ4v) is 2.42. The van der Waals surface area contributed by atoms with Crippen LogP contribution in [0, 0.1) is 5.82 Å². The third-order valence-corrected chi connectivity index (χ3v) is 3.52. The molecule has 1 unspecified atom stereocenters. The number of halogens is 2. The summed E-state index contributed by atoms with van der Waals surface area (Å²) in [5, 5.41) is 0. The summed E-state index contributed by atoms with van der Waals surface area (Å²) in [7, 11) is 0. The minimum atomic E-state index is -0.295. The van der Waals surface area contributed by atoms with Gasteiger partial charge >= 0.3 is 0 Å². The molecule has 1 aromatic carbocycles. The first-order chi connectivity index (χ1) is 9.17. The first-order valence-corrected chi connectivity index (χ1v) is 6.88. The molecule has 1 aromatic heterocycles. The van der Waals surface area contributed by atoms with E-state index in [1.54, 1.807) is 18.3 Å². The maximum absolute atomic E-state index is 13.3. The lowest BCUT2D eigenvalue weighted by molar-refractivity contribution is 0.543. The highest BCUT2D eigenvalue weighted by Gasteiger charge is 2.18. The molecule has 102 valence electrons. The topological polar surface area (TPSA) is 55.9 Å². The van der Waals surface area contributed by atoms with Crippen molar-refractivity contribution >= 4 is 15.9 Å². The molecule has 2 rings (SSSR count). The third kappa shape index (κ3) is 3.02. The Hall–Kier alpha value is -1.24. The number of nitrogens with two attached hydrogens (primary N) is 1. The van der Waals surface area contributed by atoms with Crippen LogP contribution in [-0.4, -0.2) is 9.55 Å². The van der Waals surface area contributed by atoms with Crippen molar-refractivity contribution in [2.24, 2.45) is 5.84 Å². The van der Waals surface area contributed by atoms with Crippen LogP contribution in [0.1, 0.15) is 30.8 Å². The smallest absolute Gasteiger partial charge is 0.137 e. The molecule has 4 nitrogen and oxygen atoms in total. The van der Waals surface area contributed by atoms with Crippen LogP contribution in [-0.2, 0) is 6.54 Å². The number of benzene rings is 1. The van der Waals surface area contributed by atoms with Gasteiger partial charge in [-0.25, -0.2) is 14.8 Å². The zero-order valence-electron chi connectivity index (χ0n) is 10.6. The summed E-state index contributed by atoms with van der Waals surface area (Å²) >= 11 is 3.19. The van der Waals surface area contributed by atoms with Crippen molar-refractivity contribution in [2.45, 2.75) is 25.9 Å². The van der Waals surface area contributed by atoms with Gasteiger partial charge in [-0.1, -0.05) is 13.0 Å². The molecule has 0 saturated carbocycles. The highest BCUT2D eigenvalue weighted by Crippen LogP contribution is 2.25. The summed E-state index contributed by atoms with van der Waals surface area (Å²) in [4.78, 5) is 4.35. The lowest BCUT2D eigenvalue weighted by Gasteiger charge is -2.18. The summed E-state index contributed by atoms with van der Waals surface area (Å²) in [5.74, 6) is 6.16. The van der Waals surface area contributed by atoms with E-state index in [2.05, 4.69) is 33.3 Å². The van der Waals surface area contributed by atoms with Gasteiger partial charge in [-0.2, -0.15) is 0 Å². The van der Waals surface area contributed by atoms with Crippen LogP contribution < -0.4 is 11.3 Å². The number of aromatic nitrogens is 2. The Bertz CT molecular complexity index is 555. The van der Waals surface area contributed by atoms with Crippen LogP contribution >= 0.6 is 15.9 Å². The number of hydrazine groups is 1. The van der Waals surface area contributed by atoms with E-state index in [0.717, 1.165) is 24.4 Å². The second-order valence-corrected chi connectivity index (χ2v) is 5.11. The molecule has 19 heavy (non-hydrogen) atoms. The molecule has 0 aliphatic heterocycles. The monoisotopic (exact) mass is 326 g/mol. The standard InChI is InChI=1S/C13H16BrFN4/c1-2-6-19-7-5-17-13(19)12(18-16)9-3-4-11(15)10(14)8-9/h3-5,7-8,12,18H,2,6,16H2,1H3. The fraction of sp³-hybridized carbons (Fsp3) is 0.308. The molecule has 1 atom stereocenters. The second kappa shape index (κ2) is 6.27. The predicted molar refractivity (Wildman–Crippen MR) is 75.8 cm³/mol. The van der Waals surface area contributed by atoms with Gasteiger partial charge in [0.15, 0.2) is 0 Å². The molecular formula is C13H16BrFN4. The molecule has 0 spiro atoms. The maximum atomic E-state index is 13.3. The Kier molecular flexibility index (Phi) is 4.68. The van der Waals surface area contributed by atoms with E-state index in [0.29, 0.717) is 4.47 Å². The van der Waals surface area contributed by atoms with E-state index in [9.17, 15) is 4.39 Å². The van der Waals surface area contributed by atoms with Crippen molar-refractivity contribution in [3.05, 3.63) is 52.3 Å². The van der Waals surface area contributed by atoms with E-state index < -0.39 is 0 Å². The molecule has 0 aliphatic carbocycles.